The van der Waals surface area contributed by atoms with E-state index in [1.54, 1.807) is 0 Å². The van der Waals surface area contributed by atoms with Gasteiger partial charge in [-0.2, -0.15) is 0 Å². The van der Waals surface area contributed by atoms with Gasteiger partial charge in [0.05, 0.1) is 19.8 Å². The molecule has 0 spiro atoms. The molecule has 54 heavy (non-hydrogen) atoms. The summed E-state index contributed by atoms with van der Waals surface area (Å²) < 4.78 is 22.7. The van der Waals surface area contributed by atoms with Crippen molar-refractivity contribution in [1.82, 2.24) is 0 Å². The Balaban J connectivity index is 2.25. The van der Waals surface area contributed by atoms with Gasteiger partial charge >= 0.3 is 5.97 Å². The van der Waals surface area contributed by atoms with Crippen LogP contribution in [0.2, 0.25) is 0 Å². The molecule has 9 heteroatoms. The summed E-state index contributed by atoms with van der Waals surface area (Å²) in [5, 5.41) is 40.0. The molecule has 0 aromatic heterocycles. The zero-order valence-electron chi connectivity index (χ0n) is 34.5. The Bertz CT molecular complexity index is 921. The molecule has 1 saturated heterocycles. The number of carbonyl (C=O) groups excluding carboxylic acids is 1. The number of aliphatic hydroxyl groups excluding tert-OH is 4. The number of hydrogen-bond acceptors (Lipinski definition) is 9. The maximum absolute atomic E-state index is 12.7. The Morgan fingerprint density at radius 2 is 1.07 bits per heavy atom. The summed E-state index contributed by atoms with van der Waals surface area (Å²) in [6.45, 7) is 4.52. The normalized spacial score (nSPS) is 21.2. The van der Waals surface area contributed by atoms with Crippen LogP contribution in [0.4, 0.5) is 0 Å². The fourth-order valence-corrected chi connectivity index (χ4v) is 6.56. The molecule has 0 radical (unpaired) electrons. The van der Waals surface area contributed by atoms with Crippen molar-refractivity contribution in [3.05, 3.63) is 36.5 Å². The van der Waals surface area contributed by atoms with E-state index in [1.165, 1.54) is 103 Å². The number of carbonyl (C=O) groups is 1. The third-order valence-electron chi connectivity index (χ3n) is 10.1. The molecule has 1 heterocycles. The Hall–Kier alpha value is -1.59. The van der Waals surface area contributed by atoms with Crippen LogP contribution in [0.3, 0.4) is 0 Å². The van der Waals surface area contributed by atoms with Crippen LogP contribution in [-0.2, 0) is 23.7 Å². The molecule has 4 N–H and O–H groups in total. The van der Waals surface area contributed by atoms with Gasteiger partial charge in [0.25, 0.3) is 0 Å². The number of allylic oxidation sites excluding steroid dienone is 6. The lowest BCUT2D eigenvalue weighted by Gasteiger charge is -2.39. The quantitative estimate of drug-likeness (QED) is 0.0277. The molecular formula is C45H82O9. The van der Waals surface area contributed by atoms with Crippen molar-refractivity contribution in [1.29, 1.82) is 0 Å². The summed E-state index contributed by atoms with van der Waals surface area (Å²) in [4.78, 5) is 12.7. The van der Waals surface area contributed by atoms with Crippen LogP contribution in [-0.4, -0.2) is 89.6 Å². The van der Waals surface area contributed by atoms with E-state index >= 15 is 0 Å². The first kappa shape index (κ1) is 50.4. The van der Waals surface area contributed by atoms with Gasteiger partial charge in [-0.25, -0.2) is 0 Å². The zero-order chi connectivity index (χ0) is 39.3. The summed E-state index contributed by atoms with van der Waals surface area (Å²) in [6.07, 6.45) is 36.0. The predicted molar refractivity (Wildman–Crippen MR) is 219 cm³/mol. The SMILES string of the molecule is CCCCCCC/C=C\C/C=C\C/C=C\CCCCCCCCC(=O)OC(COCCCCCCCCCCCC)COC1OC(CO)C(O)C(O)C1O. The molecule has 0 saturated carbocycles. The van der Waals surface area contributed by atoms with E-state index in [4.69, 9.17) is 18.9 Å². The van der Waals surface area contributed by atoms with Crippen molar-refractivity contribution in [3.8, 4) is 0 Å². The molecule has 1 rings (SSSR count). The minimum atomic E-state index is -1.54. The molecule has 1 aliphatic heterocycles. The number of rotatable bonds is 37. The summed E-state index contributed by atoms with van der Waals surface area (Å²) in [5.41, 5.74) is 0. The number of unbranched alkanes of at least 4 members (excludes halogenated alkanes) is 20. The summed E-state index contributed by atoms with van der Waals surface area (Å²) >= 11 is 0. The van der Waals surface area contributed by atoms with Crippen molar-refractivity contribution in [2.75, 3.05) is 26.4 Å². The van der Waals surface area contributed by atoms with Gasteiger partial charge in [-0.1, -0.05) is 159 Å². The largest absolute Gasteiger partial charge is 0.457 e. The number of hydrogen-bond donors (Lipinski definition) is 4. The number of ether oxygens (including phenoxy) is 4. The zero-order valence-corrected chi connectivity index (χ0v) is 34.5. The Labute approximate surface area is 330 Å². The van der Waals surface area contributed by atoms with Gasteiger partial charge in [-0.05, 0) is 51.4 Å². The van der Waals surface area contributed by atoms with E-state index in [0.717, 1.165) is 57.8 Å². The van der Waals surface area contributed by atoms with Gasteiger partial charge in [-0.15, -0.1) is 0 Å². The van der Waals surface area contributed by atoms with Crippen LogP contribution in [0.15, 0.2) is 36.5 Å². The number of esters is 1. The molecule has 6 unspecified atom stereocenters. The fraction of sp³-hybridized carbons (Fsp3) is 0.844. The first-order valence-corrected chi connectivity index (χ1v) is 22.1. The van der Waals surface area contributed by atoms with Crippen LogP contribution in [0.5, 0.6) is 0 Å². The highest BCUT2D eigenvalue weighted by Crippen LogP contribution is 2.22. The lowest BCUT2D eigenvalue weighted by Crippen LogP contribution is -2.59. The molecule has 6 atom stereocenters. The smallest absolute Gasteiger partial charge is 0.306 e. The van der Waals surface area contributed by atoms with Crippen molar-refractivity contribution in [2.24, 2.45) is 0 Å². The van der Waals surface area contributed by atoms with Crippen LogP contribution < -0.4 is 0 Å². The third kappa shape index (κ3) is 27.9. The second-order valence-corrected chi connectivity index (χ2v) is 15.1. The van der Waals surface area contributed by atoms with E-state index in [-0.39, 0.29) is 19.2 Å². The van der Waals surface area contributed by atoms with Crippen LogP contribution in [0.1, 0.15) is 181 Å². The van der Waals surface area contributed by atoms with Gasteiger partial charge in [0.2, 0.25) is 0 Å². The topological polar surface area (TPSA) is 135 Å². The van der Waals surface area contributed by atoms with Crippen molar-refractivity contribution in [2.45, 2.75) is 218 Å². The van der Waals surface area contributed by atoms with Crippen molar-refractivity contribution in [3.63, 3.8) is 0 Å². The molecule has 1 fully saturated rings. The van der Waals surface area contributed by atoms with Gasteiger partial charge in [0.15, 0.2) is 6.29 Å². The highest BCUT2D eigenvalue weighted by atomic mass is 16.7. The highest BCUT2D eigenvalue weighted by Gasteiger charge is 2.44. The van der Waals surface area contributed by atoms with Crippen LogP contribution in [0.25, 0.3) is 0 Å². The highest BCUT2D eigenvalue weighted by molar-refractivity contribution is 5.69. The maximum atomic E-state index is 12.7. The second-order valence-electron chi connectivity index (χ2n) is 15.1. The van der Waals surface area contributed by atoms with Crippen molar-refractivity contribution >= 4 is 5.97 Å². The first-order chi connectivity index (χ1) is 26.4. The monoisotopic (exact) mass is 767 g/mol. The standard InChI is InChI=1S/C45H82O9/c1-3-5-7-9-11-13-15-16-17-18-19-20-21-22-23-24-25-26-28-30-32-34-41(47)53-39(37-51-35-33-31-29-27-14-12-10-8-6-4-2)38-52-45-44(50)43(49)42(48)40(36-46)54-45/h15-16,18-19,21-22,39-40,42-46,48-50H,3-14,17,20,23-38H2,1-2H3/b16-15-,19-18-,22-21-. The molecule has 0 aromatic carbocycles. The fourth-order valence-electron chi connectivity index (χ4n) is 6.56. The Kier molecular flexibility index (Phi) is 34.6. The van der Waals surface area contributed by atoms with Gasteiger partial charge in [-0.3, -0.25) is 4.79 Å². The minimum absolute atomic E-state index is 0.117. The van der Waals surface area contributed by atoms with E-state index in [9.17, 15) is 25.2 Å². The van der Waals surface area contributed by atoms with E-state index in [0.29, 0.717) is 13.0 Å². The predicted octanol–water partition coefficient (Wildman–Crippen LogP) is 9.58. The average Bonchev–Trinajstić information content (AvgIpc) is 3.17. The minimum Gasteiger partial charge on any atom is -0.457 e. The third-order valence-corrected chi connectivity index (χ3v) is 10.1. The maximum Gasteiger partial charge on any atom is 0.306 e. The second kappa shape index (κ2) is 37.0. The molecule has 316 valence electrons. The molecule has 0 bridgehead atoms. The van der Waals surface area contributed by atoms with Gasteiger partial charge in [0.1, 0.15) is 30.5 Å². The molecule has 9 nitrogen and oxygen atoms in total. The van der Waals surface area contributed by atoms with Crippen molar-refractivity contribution < 1.29 is 44.2 Å². The summed E-state index contributed by atoms with van der Waals surface area (Å²) in [7, 11) is 0. The molecular weight excluding hydrogens is 684 g/mol. The van der Waals surface area contributed by atoms with Gasteiger partial charge in [0, 0.05) is 13.0 Å². The lowest BCUT2D eigenvalue weighted by molar-refractivity contribution is -0.305. The molecule has 0 aliphatic carbocycles. The average molecular weight is 767 g/mol. The van der Waals surface area contributed by atoms with E-state index in [1.807, 2.05) is 0 Å². The van der Waals surface area contributed by atoms with Crippen LogP contribution >= 0.6 is 0 Å². The number of aliphatic hydroxyl groups is 4. The van der Waals surface area contributed by atoms with E-state index in [2.05, 4.69) is 50.3 Å². The Morgan fingerprint density at radius 1 is 0.593 bits per heavy atom. The molecule has 0 amide bonds. The lowest BCUT2D eigenvalue weighted by atomic mass is 9.99. The molecule has 0 aromatic rings. The first-order valence-electron chi connectivity index (χ1n) is 22.1. The van der Waals surface area contributed by atoms with E-state index < -0.39 is 43.4 Å². The Morgan fingerprint density at radius 3 is 1.61 bits per heavy atom. The summed E-state index contributed by atoms with van der Waals surface area (Å²) in [6, 6.07) is 0. The summed E-state index contributed by atoms with van der Waals surface area (Å²) in [5.74, 6) is -0.326. The van der Waals surface area contributed by atoms with Gasteiger partial charge < -0.3 is 39.4 Å². The molecule has 1 aliphatic rings. The van der Waals surface area contributed by atoms with Crippen LogP contribution in [0, 0.1) is 0 Å².